The smallest absolute Gasteiger partial charge is 0.0854 e. The molecule has 0 atom stereocenters. The van der Waals surface area contributed by atoms with Gasteiger partial charge in [0.15, 0.2) is 0 Å². The zero-order valence-corrected chi connectivity index (χ0v) is 10.8. The Morgan fingerprint density at radius 3 is 2.44 bits per heavy atom. The lowest BCUT2D eigenvalue weighted by Crippen LogP contribution is -2.23. The van der Waals surface area contributed by atoms with E-state index in [-0.39, 0.29) is 0 Å². The number of aliphatic hydroxyl groups is 1. The van der Waals surface area contributed by atoms with Crippen LogP contribution in [0.2, 0.25) is 0 Å². The Hall–Kier alpha value is -0.770. The molecule has 0 aliphatic heterocycles. The predicted molar refractivity (Wildman–Crippen MR) is 68.4 cm³/mol. The van der Waals surface area contributed by atoms with E-state index >= 15 is 0 Å². The van der Waals surface area contributed by atoms with Gasteiger partial charge in [-0.2, -0.15) is 0 Å². The molecule has 0 amide bonds. The Balaban J connectivity index is 2.36. The fourth-order valence-corrected chi connectivity index (χ4v) is 1.52. The van der Waals surface area contributed by atoms with Crippen molar-refractivity contribution in [2.45, 2.75) is 31.3 Å². The van der Waals surface area contributed by atoms with E-state index in [4.69, 9.17) is 4.18 Å². The van der Waals surface area contributed by atoms with Crippen molar-refractivity contribution >= 4 is 12.0 Å². The van der Waals surface area contributed by atoms with Crippen LogP contribution in [0.1, 0.15) is 19.4 Å². The lowest BCUT2D eigenvalue weighted by atomic mass is 10.0. The van der Waals surface area contributed by atoms with E-state index in [0.717, 1.165) is 4.90 Å². The second-order valence-corrected chi connectivity index (χ2v) is 5.19. The first-order valence-corrected chi connectivity index (χ1v) is 5.90. The standard InChI is InChI=1S/C13H18O2S/c1-10-5-7-12(8-6-10)16-15-9-11(2)13(3,4)14/h5-8,14H,2,9H2,1,3-4H3. The van der Waals surface area contributed by atoms with Gasteiger partial charge in [-0.05, 0) is 38.5 Å². The maximum Gasteiger partial charge on any atom is 0.0854 e. The molecule has 0 spiro atoms. The summed E-state index contributed by atoms with van der Waals surface area (Å²) in [6, 6.07) is 8.09. The first kappa shape index (κ1) is 13.3. The zero-order chi connectivity index (χ0) is 12.2. The molecule has 88 valence electrons. The van der Waals surface area contributed by atoms with Crippen molar-refractivity contribution < 1.29 is 9.29 Å². The highest BCUT2D eigenvalue weighted by molar-refractivity contribution is 7.94. The fourth-order valence-electron chi connectivity index (χ4n) is 0.939. The molecule has 0 saturated heterocycles. The van der Waals surface area contributed by atoms with Crippen molar-refractivity contribution in [3.8, 4) is 0 Å². The van der Waals surface area contributed by atoms with Crippen LogP contribution in [0.4, 0.5) is 0 Å². The van der Waals surface area contributed by atoms with Gasteiger partial charge >= 0.3 is 0 Å². The summed E-state index contributed by atoms with van der Waals surface area (Å²) >= 11 is 1.30. The Morgan fingerprint density at radius 1 is 1.38 bits per heavy atom. The molecule has 0 aromatic heterocycles. The van der Waals surface area contributed by atoms with Gasteiger partial charge in [-0.15, -0.1) is 0 Å². The maximum absolute atomic E-state index is 9.63. The van der Waals surface area contributed by atoms with Crippen molar-refractivity contribution in [2.75, 3.05) is 6.61 Å². The fraction of sp³-hybridized carbons (Fsp3) is 0.385. The topological polar surface area (TPSA) is 29.5 Å². The largest absolute Gasteiger partial charge is 0.386 e. The van der Waals surface area contributed by atoms with Crippen LogP contribution < -0.4 is 0 Å². The molecule has 0 saturated carbocycles. The lowest BCUT2D eigenvalue weighted by Gasteiger charge is -2.19. The Kier molecular flexibility index (Phi) is 4.59. The molecule has 0 bridgehead atoms. The minimum absolute atomic E-state index is 0.349. The highest BCUT2D eigenvalue weighted by Crippen LogP contribution is 2.22. The van der Waals surface area contributed by atoms with Gasteiger partial charge < -0.3 is 9.29 Å². The van der Waals surface area contributed by atoms with Crippen LogP contribution in [0.3, 0.4) is 0 Å². The third-order valence-electron chi connectivity index (χ3n) is 2.27. The lowest BCUT2D eigenvalue weighted by molar-refractivity contribution is 0.110. The minimum Gasteiger partial charge on any atom is -0.386 e. The molecule has 1 aromatic rings. The van der Waals surface area contributed by atoms with Crippen molar-refractivity contribution in [3.63, 3.8) is 0 Å². The summed E-state index contributed by atoms with van der Waals surface area (Å²) < 4.78 is 5.40. The molecule has 0 unspecified atom stereocenters. The molecular formula is C13H18O2S. The molecule has 0 aliphatic carbocycles. The summed E-state index contributed by atoms with van der Waals surface area (Å²) in [6.07, 6.45) is 0. The number of rotatable bonds is 5. The average molecular weight is 238 g/mol. The van der Waals surface area contributed by atoms with Crippen LogP contribution in [-0.2, 0) is 4.18 Å². The summed E-state index contributed by atoms with van der Waals surface area (Å²) in [7, 11) is 0. The van der Waals surface area contributed by atoms with Crippen LogP contribution in [0.5, 0.6) is 0 Å². The van der Waals surface area contributed by atoms with Crippen LogP contribution in [0.15, 0.2) is 41.3 Å². The summed E-state index contributed by atoms with van der Waals surface area (Å²) in [5.74, 6) is 0. The zero-order valence-electron chi connectivity index (χ0n) is 9.99. The monoisotopic (exact) mass is 238 g/mol. The van der Waals surface area contributed by atoms with Crippen LogP contribution in [0.25, 0.3) is 0 Å². The van der Waals surface area contributed by atoms with E-state index in [1.165, 1.54) is 17.6 Å². The van der Waals surface area contributed by atoms with Crippen molar-refractivity contribution in [1.29, 1.82) is 0 Å². The second-order valence-electron chi connectivity index (χ2n) is 4.32. The molecule has 0 fully saturated rings. The predicted octanol–water partition coefficient (Wildman–Crippen LogP) is 3.35. The van der Waals surface area contributed by atoms with Crippen LogP contribution in [-0.4, -0.2) is 17.3 Å². The molecule has 2 nitrogen and oxygen atoms in total. The van der Waals surface area contributed by atoms with Gasteiger partial charge in [0.2, 0.25) is 0 Å². The normalized spacial score (nSPS) is 11.5. The number of benzene rings is 1. The molecule has 1 aromatic carbocycles. The molecule has 0 radical (unpaired) electrons. The van der Waals surface area contributed by atoms with Gasteiger partial charge in [-0.25, -0.2) is 0 Å². The third-order valence-corrected chi connectivity index (χ3v) is 2.97. The van der Waals surface area contributed by atoms with Gasteiger partial charge in [0.05, 0.1) is 12.2 Å². The SMILES string of the molecule is C=C(COSc1ccc(C)cc1)C(C)(C)O. The molecule has 3 heteroatoms. The molecule has 1 rings (SSSR count). The van der Waals surface area contributed by atoms with Crippen molar-refractivity contribution in [1.82, 2.24) is 0 Å². The molecule has 0 heterocycles. The minimum atomic E-state index is -0.881. The van der Waals surface area contributed by atoms with Gasteiger partial charge in [0, 0.05) is 16.9 Å². The third kappa shape index (κ3) is 4.39. The van der Waals surface area contributed by atoms with Crippen LogP contribution in [0, 0.1) is 6.92 Å². The highest BCUT2D eigenvalue weighted by atomic mass is 32.2. The average Bonchev–Trinajstić information content (AvgIpc) is 2.19. The maximum atomic E-state index is 9.63. The molecule has 0 aliphatic rings. The Labute approximate surface area is 102 Å². The van der Waals surface area contributed by atoms with E-state index in [9.17, 15) is 5.11 Å². The first-order valence-electron chi connectivity index (χ1n) is 5.16. The Bertz CT molecular complexity index is 349. The summed E-state index contributed by atoms with van der Waals surface area (Å²) in [4.78, 5) is 1.05. The van der Waals surface area contributed by atoms with E-state index in [0.29, 0.717) is 12.2 Å². The quantitative estimate of drug-likeness (QED) is 0.630. The van der Waals surface area contributed by atoms with Crippen molar-refractivity contribution in [2.24, 2.45) is 0 Å². The summed E-state index contributed by atoms with van der Waals surface area (Å²) in [5.41, 5.74) is 1.02. The van der Waals surface area contributed by atoms with Gasteiger partial charge in [-0.1, -0.05) is 24.3 Å². The molecule has 1 N–H and O–H groups in total. The van der Waals surface area contributed by atoms with Crippen LogP contribution >= 0.6 is 12.0 Å². The summed E-state index contributed by atoms with van der Waals surface area (Å²) in [5, 5.41) is 9.63. The van der Waals surface area contributed by atoms with Gasteiger partial charge in [0.25, 0.3) is 0 Å². The second kappa shape index (κ2) is 5.53. The van der Waals surface area contributed by atoms with E-state index < -0.39 is 5.60 Å². The first-order chi connectivity index (χ1) is 7.39. The Morgan fingerprint density at radius 2 is 1.94 bits per heavy atom. The van der Waals surface area contributed by atoms with Gasteiger partial charge in [-0.3, -0.25) is 0 Å². The van der Waals surface area contributed by atoms with E-state index in [1.54, 1.807) is 13.8 Å². The van der Waals surface area contributed by atoms with E-state index in [2.05, 4.69) is 6.58 Å². The van der Waals surface area contributed by atoms with E-state index in [1.807, 2.05) is 31.2 Å². The number of hydrogen-bond donors (Lipinski definition) is 1. The number of aryl methyl sites for hydroxylation is 1. The molecular weight excluding hydrogens is 220 g/mol. The highest BCUT2D eigenvalue weighted by Gasteiger charge is 2.17. The summed E-state index contributed by atoms with van der Waals surface area (Å²) in [6.45, 7) is 9.59. The van der Waals surface area contributed by atoms with Gasteiger partial charge in [0.1, 0.15) is 0 Å². The van der Waals surface area contributed by atoms with Crippen molar-refractivity contribution in [3.05, 3.63) is 42.0 Å². The molecule has 16 heavy (non-hydrogen) atoms. The number of hydrogen-bond acceptors (Lipinski definition) is 3.